The van der Waals surface area contributed by atoms with Crippen LogP contribution >= 0.6 is 0 Å². The zero-order chi connectivity index (χ0) is 18.7. The Kier molecular flexibility index (Phi) is 4.97. The Labute approximate surface area is 152 Å². The molecule has 136 valence electrons. The van der Waals surface area contributed by atoms with Crippen molar-refractivity contribution in [3.05, 3.63) is 42.1 Å². The molecule has 7 heteroatoms. The smallest absolute Gasteiger partial charge is 0.207 e. The van der Waals surface area contributed by atoms with E-state index in [-0.39, 0.29) is 0 Å². The first-order chi connectivity index (χ1) is 12.6. The van der Waals surface area contributed by atoms with E-state index in [1.54, 1.807) is 39.3 Å². The molecule has 1 heterocycles. The van der Waals surface area contributed by atoms with Gasteiger partial charge in [-0.15, -0.1) is 5.10 Å². The molecule has 26 heavy (non-hydrogen) atoms. The molecule has 0 bridgehead atoms. The van der Waals surface area contributed by atoms with Crippen molar-refractivity contribution in [2.24, 2.45) is 0 Å². The van der Waals surface area contributed by atoms with Crippen LogP contribution < -0.4 is 18.9 Å². The normalized spacial score (nSPS) is 10.5. The van der Waals surface area contributed by atoms with Gasteiger partial charge >= 0.3 is 0 Å². The van der Waals surface area contributed by atoms with Gasteiger partial charge in [0, 0.05) is 0 Å². The summed E-state index contributed by atoms with van der Waals surface area (Å²) < 4.78 is 23.8. The molecule has 1 aromatic heterocycles. The SMILES string of the molecule is COc1cc(-c2cnnn2-c2ccc(C)cc2)c(OC)c(OC)c1OC. The highest BCUT2D eigenvalue weighted by Gasteiger charge is 2.24. The maximum atomic E-state index is 5.61. The molecule has 2 aromatic carbocycles. The number of hydrogen-bond donors (Lipinski definition) is 0. The van der Waals surface area contributed by atoms with Gasteiger partial charge in [-0.2, -0.15) is 0 Å². The Hall–Kier alpha value is -3.22. The van der Waals surface area contributed by atoms with Crippen LogP contribution in [0.2, 0.25) is 0 Å². The Morgan fingerprint density at radius 3 is 2.04 bits per heavy atom. The second-order valence-electron chi connectivity index (χ2n) is 5.59. The predicted octanol–water partition coefficient (Wildman–Crippen LogP) is 3.28. The van der Waals surface area contributed by atoms with E-state index < -0.39 is 0 Å². The molecule has 0 atom stereocenters. The summed E-state index contributed by atoms with van der Waals surface area (Å²) in [5, 5.41) is 8.29. The summed E-state index contributed by atoms with van der Waals surface area (Å²) in [7, 11) is 6.26. The molecule has 0 radical (unpaired) electrons. The minimum absolute atomic E-state index is 0.445. The van der Waals surface area contributed by atoms with Crippen molar-refractivity contribution >= 4 is 0 Å². The Balaban J connectivity index is 2.25. The fourth-order valence-electron chi connectivity index (χ4n) is 2.82. The summed E-state index contributed by atoms with van der Waals surface area (Å²) in [5.74, 6) is 1.95. The first-order valence-electron chi connectivity index (χ1n) is 7.99. The zero-order valence-corrected chi connectivity index (χ0v) is 15.4. The summed E-state index contributed by atoms with van der Waals surface area (Å²) in [6.07, 6.45) is 1.67. The number of benzene rings is 2. The number of nitrogens with zero attached hydrogens (tertiary/aromatic N) is 3. The Morgan fingerprint density at radius 1 is 0.808 bits per heavy atom. The molecule has 0 aliphatic heterocycles. The van der Waals surface area contributed by atoms with Crippen LogP contribution in [-0.4, -0.2) is 43.4 Å². The van der Waals surface area contributed by atoms with Gasteiger partial charge in [0.2, 0.25) is 11.5 Å². The van der Waals surface area contributed by atoms with Gasteiger partial charge in [0.1, 0.15) is 0 Å². The van der Waals surface area contributed by atoms with Crippen LogP contribution in [0.25, 0.3) is 16.9 Å². The molecule has 0 aliphatic carbocycles. The minimum Gasteiger partial charge on any atom is -0.493 e. The highest BCUT2D eigenvalue weighted by atomic mass is 16.5. The molecule has 0 N–H and O–H groups in total. The Morgan fingerprint density at radius 2 is 1.46 bits per heavy atom. The standard InChI is InChI=1S/C19H21N3O4/c1-12-6-8-13(9-7-12)22-15(11-20-21-22)14-10-16(23-2)18(25-4)19(26-5)17(14)24-3/h6-11H,1-5H3. The fraction of sp³-hybridized carbons (Fsp3) is 0.263. The summed E-state index contributed by atoms with van der Waals surface area (Å²) in [5.41, 5.74) is 3.53. The lowest BCUT2D eigenvalue weighted by Crippen LogP contribution is -2.03. The monoisotopic (exact) mass is 355 g/mol. The molecule has 0 unspecified atom stereocenters. The number of methoxy groups -OCH3 is 4. The lowest BCUT2D eigenvalue weighted by molar-refractivity contribution is 0.306. The number of hydrogen-bond acceptors (Lipinski definition) is 6. The summed E-state index contributed by atoms with van der Waals surface area (Å²) in [4.78, 5) is 0. The quantitative estimate of drug-likeness (QED) is 0.676. The summed E-state index contributed by atoms with van der Waals surface area (Å²) in [6.45, 7) is 2.04. The summed E-state index contributed by atoms with van der Waals surface area (Å²) in [6, 6.07) is 9.83. The lowest BCUT2D eigenvalue weighted by Gasteiger charge is -2.18. The van der Waals surface area contributed by atoms with Gasteiger partial charge in [-0.3, -0.25) is 0 Å². The highest BCUT2D eigenvalue weighted by Crippen LogP contribution is 2.49. The summed E-state index contributed by atoms with van der Waals surface area (Å²) >= 11 is 0. The second kappa shape index (κ2) is 7.35. The van der Waals surface area contributed by atoms with Gasteiger partial charge in [-0.1, -0.05) is 22.9 Å². The average Bonchev–Trinajstić information content (AvgIpc) is 3.16. The van der Waals surface area contributed by atoms with E-state index in [4.69, 9.17) is 18.9 Å². The van der Waals surface area contributed by atoms with Crippen LogP contribution in [0.3, 0.4) is 0 Å². The maximum Gasteiger partial charge on any atom is 0.207 e. The molecule has 7 nitrogen and oxygen atoms in total. The van der Waals surface area contributed by atoms with Gasteiger partial charge in [-0.05, 0) is 25.1 Å². The molecule has 0 amide bonds. The first kappa shape index (κ1) is 17.6. The number of aromatic nitrogens is 3. The largest absolute Gasteiger partial charge is 0.493 e. The average molecular weight is 355 g/mol. The molecular formula is C19H21N3O4. The van der Waals surface area contributed by atoms with Crippen LogP contribution in [0.15, 0.2) is 36.5 Å². The van der Waals surface area contributed by atoms with Gasteiger partial charge in [0.25, 0.3) is 0 Å². The van der Waals surface area contributed by atoms with E-state index >= 15 is 0 Å². The molecular weight excluding hydrogens is 334 g/mol. The molecule has 0 spiro atoms. The second-order valence-corrected chi connectivity index (χ2v) is 5.59. The number of ether oxygens (including phenoxy) is 4. The third kappa shape index (κ3) is 2.92. The van der Waals surface area contributed by atoms with Crippen molar-refractivity contribution < 1.29 is 18.9 Å². The van der Waals surface area contributed by atoms with Crippen LogP contribution in [-0.2, 0) is 0 Å². The van der Waals surface area contributed by atoms with Crippen molar-refractivity contribution in [3.63, 3.8) is 0 Å². The third-order valence-electron chi connectivity index (χ3n) is 4.09. The van der Waals surface area contributed by atoms with E-state index in [1.165, 1.54) is 5.56 Å². The van der Waals surface area contributed by atoms with Crippen molar-refractivity contribution in [1.82, 2.24) is 15.0 Å². The van der Waals surface area contributed by atoms with E-state index in [1.807, 2.05) is 37.3 Å². The fourth-order valence-corrected chi connectivity index (χ4v) is 2.82. The van der Waals surface area contributed by atoms with Gasteiger partial charge in [0.15, 0.2) is 11.5 Å². The van der Waals surface area contributed by atoms with Crippen molar-refractivity contribution in [2.45, 2.75) is 6.92 Å². The van der Waals surface area contributed by atoms with Crippen molar-refractivity contribution in [2.75, 3.05) is 28.4 Å². The molecule has 3 aromatic rings. The topological polar surface area (TPSA) is 67.6 Å². The van der Waals surface area contributed by atoms with E-state index in [0.29, 0.717) is 23.0 Å². The number of aryl methyl sites for hydroxylation is 1. The van der Waals surface area contributed by atoms with Gasteiger partial charge < -0.3 is 18.9 Å². The van der Waals surface area contributed by atoms with Crippen molar-refractivity contribution in [1.29, 1.82) is 0 Å². The van der Waals surface area contributed by atoms with Crippen molar-refractivity contribution in [3.8, 4) is 39.9 Å². The van der Waals surface area contributed by atoms with Crippen LogP contribution in [0.1, 0.15) is 5.56 Å². The van der Waals surface area contributed by atoms with Crippen LogP contribution in [0, 0.1) is 6.92 Å². The lowest BCUT2D eigenvalue weighted by atomic mass is 10.1. The van der Waals surface area contributed by atoms with E-state index in [2.05, 4.69) is 10.3 Å². The molecule has 0 saturated heterocycles. The predicted molar refractivity (Wildman–Crippen MR) is 97.7 cm³/mol. The molecule has 0 fully saturated rings. The Bertz CT molecular complexity index is 904. The van der Waals surface area contributed by atoms with Crippen LogP contribution in [0.4, 0.5) is 0 Å². The van der Waals surface area contributed by atoms with E-state index in [9.17, 15) is 0 Å². The first-order valence-corrected chi connectivity index (χ1v) is 7.99. The van der Waals surface area contributed by atoms with Crippen LogP contribution in [0.5, 0.6) is 23.0 Å². The number of rotatable bonds is 6. The minimum atomic E-state index is 0.445. The third-order valence-corrected chi connectivity index (χ3v) is 4.09. The highest BCUT2D eigenvalue weighted by molar-refractivity contribution is 5.78. The molecule has 0 saturated carbocycles. The van der Waals surface area contributed by atoms with E-state index in [0.717, 1.165) is 16.9 Å². The molecule has 3 rings (SSSR count). The zero-order valence-electron chi connectivity index (χ0n) is 15.4. The van der Waals surface area contributed by atoms with Gasteiger partial charge in [-0.25, -0.2) is 4.68 Å². The van der Waals surface area contributed by atoms with Gasteiger partial charge in [0.05, 0.1) is 51.6 Å². The molecule has 0 aliphatic rings. The maximum absolute atomic E-state index is 5.61.